The van der Waals surface area contributed by atoms with Crippen LogP contribution in [0, 0.1) is 6.92 Å². The van der Waals surface area contributed by atoms with E-state index in [0.29, 0.717) is 22.7 Å². The Morgan fingerprint density at radius 2 is 1.72 bits per heavy atom. The van der Waals surface area contributed by atoms with Crippen molar-refractivity contribution in [2.75, 3.05) is 19.5 Å². The van der Waals surface area contributed by atoms with Crippen LogP contribution in [-0.2, 0) is 0 Å². The van der Waals surface area contributed by atoms with Crippen LogP contribution in [0.25, 0.3) is 11.3 Å². The second-order valence-corrected chi connectivity index (χ2v) is 5.51. The van der Waals surface area contributed by atoms with Crippen molar-refractivity contribution in [3.63, 3.8) is 0 Å². The lowest BCUT2D eigenvalue weighted by Crippen LogP contribution is -2.14. The van der Waals surface area contributed by atoms with E-state index in [1.54, 1.807) is 18.2 Å². The normalized spacial score (nSPS) is 10.4. The number of H-pyrrole nitrogens is 1. The number of amides is 1. The van der Waals surface area contributed by atoms with Crippen molar-refractivity contribution in [1.82, 2.24) is 10.2 Å². The molecule has 0 atom stereocenters. The summed E-state index contributed by atoms with van der Waals surface area (Å²) in [4.78, 5) is 12.7. The van der Waals surface area contributed by atoms with E-state index in [9.17, 15) is 4.79 Å². The van der Waals surface area contributed by atoms with Crippen molar-refractivity contribution in [1.29, 1.82) is 0 Å². The van der Waals surface area contributed by atoms with Crippen LogP contribution in [0.2, 0.25) is 0 Å². The minimum Gasteiger partial charge on any atom is -0.496 e. The van der Waals surface area contributed by atoms with Crippen molar-refractivity contribution in [3.8, 4) is 22.8 Å². The Bertz CT molecular complexity index is 880. The highest BCUT2D eigenvalue weighted by atomic mass is 16.5. The van der Waals surface area contributed by atoms with Crippen molar-refractivity contribution in [2.24, 2.45) is 0 Å². The second kappa shape index (κ2) is 7.09. The zero-order valence-corrected chi connectivity index (χ0v) is 14.3. The molecule has 1 amide bonds. The zero-order chi connectivity index (χ0) is 17.8. The molecule has 6 nitrogen and oxygen atoms in total. The van der Waals surface area contributed by atoms with Crippen molar-refractivity contribution in [3.05, 3.63) is 59.8 Å². The van der Waals surface area contributed by atoms with Gasteiger partial charge in [-0.15, -0.1) is 0 Å². The molecule has 3 rings (SSSR count). The molecule has 3 aromatic rings. The van der Waals surface area contributed by atoms with Gasteiger partial charge in [0.2, 0.25) is 0 Å². The van der Waals surface area contributed by atoms with Crippen LogP contribution in [0.5, 0.6) is 11.5 Å². The molecule has 0 aliphatic carbocycles. The molecular formula is C19H19N3O3. The van der Waals surface area contributed by atoms with E-state index >= 15 is 0 Å². The molecule has 0 saturated heterocycles. The van der Waals surface area contributed by atoms with Gasteiger partial charge in [-0.3, -0.25) is 9.89 Å². The first-order valence-corrected chi connectivity index (χ1v) is 7.77. The molecule has 0 aliphatic heterocycles. The summed E-state index contributed by atoms with van der Waals surface area (Å²) in [6, 6.07) is 14.7. The van der Waals surface area contributed by atoms with E-state index in [1.807, 2.05) is 37.3 Å². The number of aryl methyl sites for hydroxylation is 1. The number of nitrogens with one attached hydrogen (secondary N) is 2. The van der Waals surface area contributed by atoms with E-state index in [1.165, 1.54) is 14.2 Å². The average Bonchev–Trinajstić information content (AvgIpc) is 3.07. The Morgan fingerprint density at radius 1 is 1.04 bits per heavy atom. The fourth-order valence-electron chi connectivity index (χ4n) is 2.59. The van der Waals surface area contributed by atoms with Gasteiger partial charge in [-0.25, -0.2) is 0 Å². The number of methoxy groups -OCH3 is 2. The number of anilines is 1. The van der Waals surface area contributed by atoms with E-state index in [0.717, 1.165) is 17.0 Å². The molecule has 6 heteroatoms. The van der Waals surface area contributed by atoms with E-state index < -0.39 is 0 Å². The van der Waals surface area contributed by atoms with Crippen molar-refractivity contribution in [2.45, 2.75) is 6.92 Å². The third-order valence-electron chi connectivity index (χ3n) is 3.78. The minimum atomic E-state index is -0.301. The summed E-state index contributed by atoms with van der Waals surface area (Å²) in [5.74, 6) is 0.608. The Hall–Kier alpha value is -3.28. The third-order valence-corrected chi connectivity index (χ3v) is 3.78. The first-order valence-electron chi connectivity index (χ1n) is 7.77. The molecule has 2 aromatic carbocycles. The lowest BCUT2D eigenvalue weighted by molar-refractivity contribution is 0.102. The summed E-state index contributed by atoms with van der Waals surface area (Å²) in [6.07, 6.45) is 0. The number of carbonyl (C=O) groups is 1. The van der Waals surface area contributed by atoms with Crippen LogP contribution >= 0.6 is 0 Å². The maximum absolute atomic E-state index is 12.7. The number of benzene rings is 2. The van der Waals surface area contributed by atoms with Gasteiger partial charge in [0.25, 0.3) is 5.91 Å². The van der Waals surface area contributed by atoms with Crippen molar-refractivity contribution < 1.29 is 14.3 Å². The number of aromatic amines is 1. The fourth-order valence-corrected chi connectivity index (χ4v) is 2.59. The summed E-state index contributed by atoms with van der Waals surface area (Å²) in [6.45, 7) is 1.94. The van der Waals surface area contributed by atoms with Crippen LogP contribution in [0.4, 0.5) is 5.69 Å². The lowest BCUT2D eigenvalue weighted by Gasteiger charge is -2.13. The summed E-state index contributed by atoms with van der Waals surface area (Å²) in [5, 5.41) is 10.0. The van der Waals surface area contributed by atoms with Gasteiger partial charge < -0.3 is 14.8 Å². The molecule has 0 unspecified atom stereocenters. The largest absolute Gasteiger partial charge is 0.496 e. The van der Waals surface area contributed by atoms with Gasteiger partial charge in [-0.2, -0.15) is 5.10 Å². The number of aromatic nitrogens is 2. The zero-order valence-electron chi connectivity index (χ0n) is 14.3. The van der Waals surface area contributed by atoms with Gasteiger partial charge in [0.05, 0.1) is 19.9 Å². The van der Waals surface area contributed by atoms with Crippen LogP contribution < -0.4 is 14.8 Å². The molecule has 1 aromatic heterocycles. The fraction of sp³-hybridized carbons (Fsp3) is 0.158. The first-order chi connectivity index (χ1) is 12.1. The summed E-state index contributed by atoms with van der Waals surface area (Å²) in [5.41, 5.74) is 3.73. The quantitative estimate of drug-likeness (QED) is 0.745. The summed E-state index contributed by atoms with van der Waals surface area (Å²) < 4.78 is 10.6. The first kappa shape index (κ1) is 16.6. The Kier molecular flexibility index (Phi) is 4.70. The van der Waals surface area contributed by atoms with Crippen LogP contribution in [0.3, 0.4) is 0 Å². The number of hydrogen-bond donors (Lipinski definition) is 2. The molecule has 2 N–H and O–H groups in total. The predicted molar refractivity (Wildman–Crippen MR) is 96.3 cm³/mol. The highest BCUT2D eigenvalue weighted by Crippen LogP contribution is 2.29. The minimum absolute atomic E-state index is 0.301. The Balaban J connectivity index is 1.89. The molecule has 25 heavy (non-hydrogen) atoms. The molecule has 0 radical (unpaired) electrons. The molecule has 0 fully saturated rings. The summed E-state index contributed by atoms with van der Waals surface area (Å²) in [7, 11) is 3.04. The van der Waals surface area contributed by atoms with Crippen molar-refractivity contribution >= 4 is 11.6 Å². The number of rotatable bonds is 5. The average molecular weight is 337 g/mol. The topological polar surface area (TPSA) is 76.2 Å². The Morgan fingerprint density at radius 3 is 2.32 bits per heavy atom. The molecule has 0 spiro atoms. The van der Waals surface area contributed by atoms with E-state index in [4.69, 9.17) is 9.47 Å². The van der Waals surface area contributed by atoms with E-state index in [-0.39, 0.29) is 5.91 Å². The number of ether oxygens (including phenoxy) is 2. The summed E-state index contributed by atoms with van der Waals surface area (Å²) >= 11 is 0. The maximum Gasteiger partial charge on any atom is 0.263 e. The van der Waals surface area contributed by atoms with Crippen LogP contribution in [-0.4, -0.2) is 30.3 Å². The molecule has 0 saturated carbocycles. The van der Waals surface area contributed by atoms with Gasteiger partial charge in [-0.05, 0) is 37.3 Å². The molecule has 0 bridgehead atoms. The third kappa shape index (κ3) is 3.47. The standard InChI is InChI=1S/C19H19N3O3/c1-12-10-15(22-21-12)13-6-4-7-14(11-13)20-19(23)18-16(24-2)8-5-9-17(18)25-3/h4-11H,1-3H3,(H,20,23)(H,21,22). The van der Waals surface area contributed by atoms with Gasteiger partial charge in [0, 0.05) is 16.9 Å². The van der Waals surface area contributed by atoms with Gasteiger partial charge in [0.15, 0.2) is 0 Å². The molecular weight excluding hydrogens is 318 g/mol. The van der Waals surface area contributed by atoms with Gasteiger partial charge in [-0.1, -0.05) is 18.2 Å². The molecule has 0 aliphatic rings. The van der Waals surface area contributed by atoms with Crippen LogP contribution in [0.15, 0.2) is 48.5 Å². The highest BCUT2D eigenvalue weighted by Gasteiger charge is 2.18. The van der Waals surface area contributed by atoms with E-state index in [2.05, 4.69) is 15.5 Å². The molecule has 1 heterocycles. The second-order valence-electron chi connectivity index (χ2n) is 5.51. The smallest absolute Gasteiger partial charge is 0.263 e. The van der Waals surface area contributed by atoms with Crippen LogP contribution in [0.1, 0.15) is 16.1 Å². The number of carbonyl (C=O) groups excluding carboxylic acids is 1. The van der Waals surface area contributed by atoms with Gasteiger partial charge in [0.1, 0.15) is 17.1 Å². The monoisotopic (exact) mass is 337 g/mol. The molecule has 128 valence electrons. The maximum atomic E-state index is 12.7. The SMILES string of the molecule is COc1cccc(OC)c1C(=O)Nc1cccc(-c2cc(C)[nH]n2)c1. The number of nitrogens with zero attached hydrogens (tertiary/aromatic N) is 1. The predicted octanol–water partition coefficient (Wildman–Crippen LogP) is 3.65. The highest BCUT2D eigenvalue weighted by molar-refractivity contribution is 6.08. The number of hydrogen-bond acceptors (Lipinski definition) is 4. The Labute approximate surface area is 145 Å². The van der Waals surface area contributed by atoms with Gasteiger partial charge >= 0.3 is 0 Å². The lowest BCUT2D eigenvalue weighted by atomic mass is 10.1.